The van der Waals surface area contributed by atoms with Gasteiger partial charge in [0.05, 0.1) is 4.92 Å². The van der Waals surface area contributed by atoms with E-state index < -0.39 is 4.92 Å². The summed E-state index contributed by atoms with van der Waals surface area (Å²) >= 11 is 0. The van der Waals surface area contributed by atoms with Crippen LogP contribution in [0.1, 0.15) is 21.5 Å². The lowest BCUT2D eigenvalue weighted by molar-refractivity contribution is -0.385. The van der Waals surface area contributed by atoms with Gasteiger partial charge < -0.3 is 4.90 Å². The summed E-state index contributed by atoms with van der Waals surface area (Å²) in [5.41, 5.74) is 2.11. The van der Waals surface area contributed by atoms with Gasteiger partial charge in [-0.2, -0.15) is 0 Å². The molecule has 1 fully saturated rings. The Kier molecular flexibility index (Phi) is 5.09. The molecule has 0 atom stereocenters. The van der Waals surface area contributed by atoms with Gasteiger partial charge in [-0.05, 0) is 18.6 Å². The van der Waals surface area contributed by atoms with E-state index in [0.29, 0.717) is 24.2 Å². The van der Waals surface area contributed by atoms with Gasteiger partial charge in [0.25, 0.3) is 11.6 Å². The third kappa shape index (κ3) is 3.85. The number of nitro groups is 1. The van der Waals surface area contributed by atoms with Crippen molar-refractivity contribution < 1.29 is 9.72 Å². The lowest BCUT2D eigenvalue weighted by Crippen LogP contribution is -2.48. The van der Waals surface area contributed by atoms with E-state index in [1.807, 2.05) is 18.2 Å². The molecular weight excluding hydrogens is 318 g/mol. The van der Waals surface area contributed by atoms with Crippen LogP contribution >= 0.6 is 0 Å². The Morgan fingerprint density at radius 1 is 1.04 bits per heavy atom. The fourth-order valence-electron chi connectivity index (χ4n) is 3.17. The van der Waals surface area contributed by atoms with Crippen LogP contribution in [-0.4, -0.2) is 46.8 Å². The summed E-state index contributed by atoms with van der Waals surface area (Å²) in [6.45, 7) is 5.38. The number of hydrogen-bond acceptors (Lipinski definition) is 4. The quantitative estimate of drug-likeness (QED) is 0.634. The summed E-state index contributed by atoms with van der Waals surface area (Å²) < 4.78 is 0. The van der Waals surface area contributed by atoms with Crippen molar-refractivity contribution >= 4 is 11.6 Å². The topological polar surface area (TPSA) is 66.7 Å². The standard InChI is InChI=1S/C19H21N3O3/c1-15-17(8-5-9-18(15)22(24)25)19(23)21-12-10-20(11-13-21)14-16-6-3-2-4-7-16/h2-9H,10-14H2,1H3. The monoisotopic (exact) mass is 339 g/mol. The molecule has 6 nitrogen and oxygen atoms in total. The van der Waals surface area contributed by atoms with Crippen LogP contribution in [0.3, 0.4) is 0 Å². The number of carbonyl (C=O) groups is 1. The van der Waals surface area contributed by atoms with Crippen LogP contribution in [0, 0.1) is 17.0 Å². The second-order valence-electron chi connectivity index (χ2n) is 6.26. The van der Waals surface area contributed by atoms with E-state index in [1.165, 1.54) is 11.6 Å². The molecule has 0 radical (unpaired) electrons. The second kappa shape index (κ2) is 7.44. The Balaban J connectivity index is 1.64. The van der Waals surface area contributed by atoms with Gasteiger partial charge >= 0.3 is 0 Å². The number of rotatable bonds is 4. The average Bonchev–Trinajstić information content (AvgIpc) is 2.62. The minimum Gasteiger partial charge on any atom is -0.336 e. The molecular formula is C19H21N3O3. The van der Waals surface area contributed by atoms with Crippen LogP contribution in [0.25, 0.3) is 0 Å². The first-order chi connectivity index (χ1) is 12.1. The molecule has 0 bridgehead atoms. The first kappa shape index (κ1) is 17.1. The van der Waals surface area contributed by atoms with E-state index in [4.69, 9.17) is 0 Å². The van der Waals surface area contributed by atoms with Crippen molar-refractivity contribution in [1.29, 1.82) is 0 Å². The molecule has 2 aromatic rings. The fraction of sp³-hybridized carbons (Fsp3) is 0.316. The molecule has 0 N–H and O–H groups in total. The third-order valence-corrected chi connectivity index (χ3v) is 4.64. The summed E-state index contributed by atoms with van der Waals surface area (Å²) in [4.78, 5) is 27.5. The summed E-state index contributed by atoms with van der Waals surface area (Å²) in [5.74, 6) is -0.124. The third-order valence-electron chi connectivity index (χ3n) is 4.64. The number of carbonyl (C=O) groups excluding carboxylic acids is 1. The summed E-state index contributed by atoms with van der Waals surface area (Å²) in [5, 5.41) is 11.1. The highest BCUT2D eigenvalue weighted by atomic mass is 16.6. The SMILES string of the molecule is Cc1c(C(=O)N2CCN(Cc3ccccc3)CC2)cccc1[N+](=O)[O-]. The van der Waals surface area contributed by atoms with Crippen molar-refractivity contribution in [2.24, 2.45) is 0 Å². The van der Waals surface area contributed by atoms with Crippen LogP contribution in [-0.2, 0) is 6.54 Å². The van der Waals surface area contributed by atoms with E-state index in [0.717, 1.165) is 19.6 Å². The molecule has 3 rings (SSSR count). The lowest BCUT2D eigenvalue weighted by Gasteiger charge is -2.35. The van der Waals surface area contributed by atoms with E-state index in [9.17, 15) is 14.9 Å². The maximum atomic E-state index is 12.7. The molecule has 25 heavy (non-hydrogen) atoms. The molecule has 6 heteroatoms. The predicted molar refractivity (Wildman–Crippen MR) is 95.5 cm³/mol. The Morgan fingerprint density at radius 2 is 1.72 bits per heavy atom. The summed E-state index contributed by atoms with van der Waals surface area (Å²) in [7, 11) is 0. The molecule has 1 aliphatic heterocycles. The van der Waals surface area contributed by atoms with Crippen LogP contribution in [0.5, 0.6) is 0 Å². The minimum absolute atomic E-state index is 0.00596. The van der Waals surface area contributed by atoms with Gasteiger partial charge in [0.2, 0.25) is 0 Å². The molecule has 1 aliphatic rings. The Bertz CT molecular complexity index is 769. The highest BCUT2D eigenvalue weighted by Gasteiger charge is 2.25. The van der Waals surface area contributed by atoms with Gasteiger partial charge in [0, 0.05) is 49.9 Å². The number of piperazine rings is 1. The lowest BCUT2D eigenvalue weighted by atomic mass is 10.1. The van der Waals surface area contributed by atoms with Crippen LogP contribution in [0.2, 0.25) is 0 Å². The Morgan fingerprint density at radius 3 is 2.36 bits per heavy atom. The van der Waals surface area contributed by atoms with Gasteiger partial charge in [-0.15, -0.1) is 0 Å². The van der Waals surface area contributed by atoms with Crippen molar-refractivity contribution in [1.82, 2.24) is 9.80 Å². The zero-order valence-electron chi connectivity index (χ0n) is 14.2. The van der Waals surface area contributed by atoms with Crippen LogP contribution in [0.15, 0.2) is 48.5 Å². The molecule has 1 saturated heterocycles. The average molecular weight is 339 g/mol. The summed E-state index contributed by atoms with van der Waals surface area (Å²) in [6.07, 6.45) is 0. The molecule has 0 unspecified atom stereocenters. The fourth-order valence-corrected chi connectivity index (χ4v) is 3.17. The van der Waals surface area contributed by atoms with Gasteiger partial charge in [-0.1, -0.05) is 36.4 Å². The van der Waals surface area contributed by atoms with Crippen molar-refractivity contribution in [3.63, 3.8) is 0 Å². The van der Waals surface area contributed by atoms with Gasteiger partial charge in [-0.25, -0.2) is 0 Å². The first-order valence-corrected chi connectivity index (χ1v) is 8.36. The molecule has 1 amide bonds. The normalized spacial score (nSPS) is 15.2. The second-order valence-corrected chi connectivity index (χ2v) is 6.26. The van der Waals surface area contributed by atoms with Crippen molar-refractivity contribution in [3.8, 4) is 0 Å². The predicted octanol–water partition coefficient (Wildman–Crippen LogP) is 2.86. The zero-order chi connectivity index (χ0) is 17.8. The van der Waals surface area contributed by atoms with Crippen molar-refractivity contribution in [3.05, 3.63) is 75.3 Å². The Labute approximate surface area is 146 Å². The molecule has 1 heterocycles. The maximum absolute atomic E-state index is 12.7. The van der Waals surface area contributed by atoms with Gasteiger partial charge in [0.15, 0.2) is 0 Å². The zero-order valence-corrected chi connectivity index (χ0v) is 14.2. The summed E-state index contributed by atoms with van der Waals surface area (Å²) in [6, 6.07) is 14.9. The maximum Gasteiger partial charge on any atom is 0.273 e. The molecule has 2 aromatic carbocycles. The molecule has 0 saturated carbocycles. The van der Waals surface area contributed by atoms with E-state index in [2.05, 4.69) is 17.0 Å². The number of nitro benzene ring substituents is 1. The van der Waals surface area contributed by atoms with Crippen LogP contribution < -0.4 is 0 Å². The number of nitrogens with zero attached hydrogens (tertiary/aromatic N) is 3. The molecule has 0 aromatic heterocycles. The van der Waals surface area contributed by atoms with Crippen molar-refractivity contribution in [2.75, 3.05) is 26.2 Å². The van der Waals surface area contributed by atoms with E-state index in [-0.39, 0.29) is 11.6 Å². The Hall–Kier alpha value is -2.73. The highest BCUT2D eigenvalue weighted by molar-refractivity contribution is 5.96. The van der Waals surface area contributed by atoms with Gasteiger partial charge in [-0.3, -0.25) is 19.8 Å². The van der Waals surface area contributed by atoms with Crippen molar-refractivity contribution in [2.45, 2.75) is 13.5 Å². The highest BCUT2D eigenvalue weighted by Crippen LogP contribution is 2.23. The minimum atomic E-state index is -0.441. The first-order valence-electron chi connectivity index (χ1n) is 8.36. The largest absolute Gasteiger partial charge is 0.336 e. The van der Waals surface area contributed by atoms with Gasteiger partial charge in [0.1, 0.15) is 0 Å². The van der Waals surface area contributed by atoms with Crippen LogP contribution in [0.4, 0.5) is 5.69 Å². The van der Waals surface area contributed by atoms with E-state index >= 15 is 0 Å². The molecule has 0 spiro atoms. The number of amides is 1. The molecule has 130 valence electrons. The number of benzene rings is 2. The number of hydrogen-bond donors (Lipinski definition) is 0. The smallest absolute Gasteiger partial charge is 0.273 e. The van der Waals surface area contributed by atoms with E-state index in [1.54, 1.807) is 24.0 Å². The molecule has 0 aliphatic carbocycles.